The third kappa shape index (κ3) is 12.3. The van der Waals surface area contributed by atoms with Crippen molar-refractivity contribution < 1.29 is 28.8 Å². The van der Waals surface area contributed by atoms with Crippen molar-refractivity contribution in [2.24, 2.45) is 5.73 Å². The van der Waals surface area contributed by atoms with Crippen molar-refractivity contribution in [3.05, 3.63) is 107 Å². The zero-order chi connectivity index (χ0) is 40.7. The molecule has 2 heterocycles. The summed E-state index contributed by atoms with van der Waals surface area (Å²) in [5.41, 5.74) is 9.62. The number of benzene rings is 3. The minimum Gasteiger partial charge on any atom is -0.361 e. The Labute approximate surface area is 337 Å². The first-order valence-electron chi connectivity index (χ1n) is 19.2. The number of aromatic nitrogens is 1. The molecule has 5 rings (SSSR count). The summed E-state index contributed by atoms with van der Waals surface area (Å²) in [4.78, 5) is 84.9. The Morgan fingerprint density at radius 1 is 0.807 bits per heavy atom. The SMILES string of the molecule is Cc1ccc(CNC(=O)C(CCCNC(N)=O)NC(=O)C(Cc2c[nH]c3ccccc23)NC(=O)[C@@H]2CCCCN2C(=O)C(Cc2ccccc2)NC(=O)CCl)cc1. The van der Waals surface area contributed by atoms with E-state index in [1.54, 1.807) is 6.20 Å². The fourth-order valence-electron chi connectivity index (χ4n) is 7.03. The lowest BCUT2D eigenvalue weighted by Crippen LogP contribution is -2.61. The Morgan fingerprint density at radius 2 is 1.54 bits per heavy atom. The van der Waals surface area contributed by atoms with Crippen molar-refractivity contribution in [3.8, 4) is 0 Å². The maximum Gasteiger partial charge on any atom is 0.312 e. The normalized spacial score (nSPS) is 15.5. The molecule has 1 aliphatic heterocycles. The van der Waals surface area contributed by atoms with E-state index in [0.29, 0.717) is 25.7 Å². The number of hydrogen-bond acceptors (Lipinski definition) is 6. The second kappa shape index (κ2) is 20.9. The zero-order valence-corrected chi connectivity index (χ0v) is 32.8. The smallest absolute Gasteiger partial charge is 0.312 e. The highest BCUT2D eigenvalue weighted by Crippen LogP contribution is 2.22. The summed E-state index contributed by atoms with van der Waals surface area (Å²) in [5.74, 6) is -2.84. The number of rotatable bonds is 18. The number of hydrogen-bond donors (Lipinski definition) is 7. The Hall–Kier alpha value is -5.89. The number of nitrogens with zero attached hydrogens (tertiary/aromatic N) is 1. The highest BCUT2D eigenvalue weighted by molar-refractivity contribution is 6.27. The summed E-state index contributed by atoms with van der Waals surface area (Å²) in [6.07, 6.45) is 4.21. The van der Waals surface area contributed by atoms with Gasteiger partial charge in [-0.1, -0.05) is 78.4 Å². The van der Waals surface area contributed by atoms with E-state index in [1.165, 1.54) is 4.90 Å². The number of urea groups is 1. The Kier molecular flexibility index (Phi) is 15.5. The first-order chi connectivity index (χ1) is 27.5. The molecular formula is C42H51ClN8O6. The van der Waals surface area contributed by atoms with Gasteiger partial charge in [-0.05, 0) is 61.8 Å². The van der Waals surface area contributed by atoms with Crippen LogP contribution in [0.3, 0.4) is 0 Å². The third-order valence-corrected chi connectivity index (χ3v) is 10.3. The second-order valence-electron chi connectivity index (χ2n) is 14.3. The van der Waals surface area contributed by atoms with Crippen LogP contribution in [-0.2, 0) is 43.4 Å². The molecule has 4 aromatic rings. The van der Waals surface area contributed by atoms with Crippen LogP contribution < -0.4 is 32.3 Å². The Bertz CT molecular complexity index is 2010. The molecule has 0 bridgehead atoms. The van der Waals surface area contributed by atoms with Crippen LogP contribution in [0.4, 0.5) is 4.79 Å². The largest absolute Gasteiger partial charge is 0.361 e. The van der Waals surface area contributed by atoms with Crippen molar-refractivity contribution in [2.75, 3.05) is 19.0 Å². The summed E-state index contributed by atoms with van der Waals surface area (Å²) in [5, 5.41) is 14.8. The number of H-pyrrole nitrogens is 1. The van der Waals surface area contributed by atoms with Gasteiger partial charge in [0.05, 0.1) is 0 Å². The topological polar surface area (TPSA) is 208 Å². The number of nitrogens with one attached hydrogen (secondary N) is 6. The summed E-state index contributed by atoms with van der Waals surface area (Å²) < 4.78 is 0. The van der Waals surface area contributed by atoms with Gasteiger partial charge in [0.1, 0.15) is 30.0 Å². The Balaban J connectivity index is 1.38. The standard InChI is InChI=1S/C42H51ClN8O6/c1-27-16-18-29(19-17-27)25-47-38(53)33(14-9-20-45-42(44)57)49-39(54)34(23-30-26-46-32-13-6-5-12-31(30)32)50-40(55)36-15-7-8-21-51(36)41(56)35(48-37(52)24-43)22-28-10-3-2-4-11-28/h2-6,10-13,16-19,26,33-36,46H,7-9,14-15,20-25H2,1H3,(H,47,53)(H,48,52)(H,49,54)(H,50,55)(H3,44,45,57)/t33?,34?,35?,36-/m0/s1. The molecule has 3 unspecified atom stereocenters. The van der Waals surface area contributed by atoms with E-state index in [4.69, 9.17) is 17.3 Å². The molecule has 4 atom stereocenters. The number of amides is 7. The fourth-order valence-corrected chi connectivity index (χ4v) is 7.10. The van der Waals surface area contributed by atoms with E-state index in [-0.39, 0.29) is 44.8 Å². The molecule has 0 radical (unpaired) electrons. The molecule has 1 fully saturated rings. The number of carbonyl (C=O) groups is 6. The highest BCUT2D eigenvalue weighted by Gasteiger charge is 2.38. The van der Waals surface area contributed by atoms with E-state index in [0.717, 1.165) is 33.2 Å². The van der Waals surface area contributed by atoms with Gasteiger partial charge in [-0.2, -0.15) is 0 Å². The molecule has 0 spiro atoms. The van der Waals surface area contributed by atoms with Gasteiger partial charge >= 0.3 is 6.03 Å². The van der Waals surface area contributed by atoms with Crippen molar-refractivity contribution >= 4 is 58.1 Å². The van der Waals surface area contributed by atoms with E-state index in [1.807, 2.05) is 85.8 Å². The van der Waals surface area contributed by atoms with E-state index >= 15 is 0 Å². The Morgan fingerprint density at radius 3 is 2.28 bits per heavy atom. The quantitative estimate of drug-likeness (QED) is 0.0595. The fraction of sp³-hybridized carbons (Fsp3) is 0.381. The predicted octanol–water partition coefficient (Wildman–Crippen LogP) is 3.10. The number of aromatic amines is 1. The molecule has 15 heteroatoms. The first kappa shape index (κ1) is 42.3. The number of piperidine rings is 1. The molecule has 3 aromatic carbocycles. The maximum absolute atomic E-state index is 14.3. The summed E-state index contributed by atoms with van der Waals surface area (Å²) >= 11 is 5.82. The average molecular weight is 799 g/mol. The van der Waals surface area contributed by atoms with Crippen LogP contribution >= 0.6 is 11.6 Å². The molecule has 57 heavy (non-hydrogen) atoms. The number of primary amides is 1. The molecule has 7 amide bonds. The van der Waals surface area contributed by atoms with Gasteiger partial charge in [0, 0.05) is 49.6 Å². The number of carbonyl (C=O) groups excluding carboxylic acids is 6. The molecule has 1 aromatic heterocycles. The lowest BCUT2D eigenvalue weighted by molar-refractivity contribution is -0.145. The summed E-state index contributed by atoms with van der Waals surface area (Å²) in [6.45, 7) is 2.66. The van der Waals surface area contributed by atoms with Crippen LogP contribution in [0.5, 0.6) is 0 Å². The molecule has 302 valence electrons. The van der Waals surface area contributed by atoms with Gasteiger partial charge in [-0.3, -0.25) is 24.0 Å². The van der Waals surface area contributed by atoms with Crippen LogP contribution in [0, 0.1) is 6.92 Å². The van der Waals surface area contributed by atoms with Gasteiger partial charge in [0.25, 0.3) is 0 Å². The van der Waals surface area contributed by atoms with Crippen LogP contribution in [0.1, 0.15) is 54.4 Å². The van der Waals surface area contributed by atoms with Gasteiger partial charge in [0.15, 0.2) is 0 Å². The minimum atomic E-state index is -1.15. The van der Waals surface area contributed by atoms with E-state index in [9.17, 15) is 28.8 Å². The molecule has 0 aliphatic carbocycles. The van der Waals surface area contributed by atoms with Crippen molar-refractivity contribution in [2.45, 2.75) is 82.6 Å². The van der Waals surface area contributed by atoms with Gasteiger partial charge in [-0.15, -0.1) is 11.6 Å². The number of alkyl halides is 1. The van der Waals surface area contributed by atoms with Gasteiger partial charge in [0.2, 0.25) is 29.5 Å². The number of likely N-dealkylation sites (tertiary alicyclic amines) is 1. The van der Waals surface area contributed by atoms with Crippen LogP contribution in [-0.4, -0.2) is 88.6 Å². The molecular weight excluding hydrogens is 748 g/mol. The first-order valence-corrected chi connectivity index (χ1v) is 19.8. The van der Waals surface area contributed by atoms with Crippen LogP contribution in [0.25, 0.3) is 10.9 Å². The molecule has 8 N–H and O–H groups in total. The van der Waals surface area contributed by atoms with Crippen molar-refractivity contribution in [1.29, 1.82) is 0 Å². The second-order valence-corrected chi connectivity index (χ2v) is 14.6. The summed E-state index contributed by atoms with van der Waals surface area (Å²) in [7, 11) is 0. The molecule has 14 nitrogen and oxygen atoms in total. The third-order valence-electron chi connectivity index (χ3n) is 10.0. The highest BCUT2D eigenvalue weighted by atomic mass is 35.5. The molecule has 1 saturated heterocycles. The number of aryl methyl sites for hydroxylation is 1. The van der Waals surface area contributed by atoms with E-state index in [2.05, 4.69) is 31.6 Å². The predicted molar refractivity (Wildman–Crippen MR) is 218 cm³/mol. The van der Waals surface area contributed by atoms with Crippen molar-refractivity contribution in [3.63, 3.8) is 0 Å². The van der Waals surface area contributed by atoms with Gasteiger partial charge in [-0.25, -0.2) is 4.79 Å². The van der Waals surface area contributed by atoms with Gasteiger partial charge < -0.3 is 42.2 Å². The van der Waals surface area contributed by atoms with E-state index < -0.39 is 59.7 Å². The minimum absolute atomic E-state index is 0.0750. The average Bonchev–Trinajstić information content (AvgIpc) is 3.63. The number of para-hydroxylation sites is 1. The lowest BCUT2D eigenvalue weighted by Gasteiger charge is -2.37. The molecule has 0 saturated carbocycles. The monoisotopic (exact) mass is 798 g/mol. The number of fused-ring (bicyclic) bond motifs is 1. The zero-order valence-electron chi connectivity index (χ0n) is 32.0. The van der Waals surface area contributed by atoms with Crippen molar-refractivity contribution in [1.82, 2.24) is 36.5 Å². The summed E-state index contributed by atoms with van der Waals surface area (Å²) in [6, 6.07) is 19.7. The maximum atomic E-state index is 14.3. The lowest BCUT2D eigenvalue weighted by atomic mass is 9.97. The van der Waals surface area contributed by atoms with Crippen LogP contribution in [0.2, 0.25) is 0 Å². The van der Waals surface area contributed by atoms with Crippen LogP contribution in [0.15, 0.2) is 85.1 Å². The molecule has 1 aliphatic rings. The number of halogens is 1. The number of nitrogens with two attached hydrogens (primary N) is 1.